The highest BCUT2D eigenvalue weighted by Gasteiger charge is 2.51. The first-order valence-corrected chi connectivity index (χ1v) is 40.7. The predicted molar refractivity (Wildman–Crippen MR) is 215 cm³/mol. The highest BCUT2D eigenvalue weighted by Crippen LogP contribution is 2.34. The van der Waals surface area contributed by atoms with Crippen molar-refractivity contribution in [1.82, 2.24) is 0 Å². The summed E-state index contributed by atoms with van der Waals surface area (Å²) in [6.07, 6.45) is 2.58. The summed E-state index contributed by atoms with van der Waals surface area (Å²) in [5.41, 5.74) is 0. The van der Waals surface area contributed by atoms with Crippen LogP contribution in [-0.2, 0) is 34.2 Å². The van der Waals surface area contributed by atoms with Crippen molar-refractivity contribution in [3.05, 3.63) is 0 Å². The van der Waals surface area contributed by atoms with Gasteiger partial charge in [-0.05, 0) is 117 Å². The van der Waals surface area contributed by atoms with Crippen LogP contribution in [0, 0.1) is 0 Å². The maximum Gasteiger partial charge on any atom is 0.498 e. The normalized spacial score (nSPS) is 17.7. The van der Waals surface area contributed by atoms with E-state index in [9.17, 15) is 9.90 Å². The summed E-state index contributed by atoms with van der Waals surface area (Å²) in [6.45, 7) is 36.9. The summed E-state index contributed by atoms with van der Waals surface area (Å²) in [7, 11) is -19.3. The molecule has 0 radical (unpaired) electrons. The molecule has 0 aromatic heterocycles. The zero-order valence-electron chi connectivity index (χ0n) is 33.4. The summed E-state index contributed by atoms with van der Waals surface area (Å²) >= 11 is 0. The molecular weight excluding hydrogens is 733 g/mol. The van der Waals surface area contributed by atoms with Gasteiger partial charge in [0.1, 0.15) is 0 Å². The van der Waals surface area contributed by atoms with Crippen molar-refractivity contribution in [2.45, 2.75) is 155 Å². The van der Waals surface area contributed by atoms with Crippen molar-refractivity contribution in [3.63, 3.8) is 0 Å². The van der Waals surface area contributed by atoms with E-state index in [2.05, 4.69) is 91.7 Å². The Bertz CT molecular complexity index is 865. The third kappa shape index (κ3) is 24.3. The molecule has 0 aromatic rings. The van der Waals surface area contributed by atoms with Gasteiger partial charge in [-0.15, -0.1) is 0 Å². The minimum atomic E-state index is -3.24. The van der Waals surface area contributed by atoms with Crippen LogP contribution in [0.5, 0.6) is 0 Å². The quantitative estimate of drug-likeness (QED) is 0.0593. The van der Waals surface area contributed by atoms with E-state index >= 15 is 0 Å². The number of hydrogen-bond donors (Lipinski definition) is 2. The largest absolute Gasteiger partial charge is 0.498 e. The van der Waals surface area contributed by atoms with Crippen molar-refractivity contribution < 1.29 is 44.1 Å². The molecule has 0 saturated heterocycles. The minimum Gasteiger partial charge on any atom is -0.437 e. The molecule has 0 aromatic carbocycles. The lowest BCUT2D eigenvalue weighted by atomic mass is 10.5. The number of hydrogen-bond acceptors (Lipinski definition) is 10. The lowest BCUT2D eigenvalue weighted by Gasteiger charge is -2.45. The molecule has 0 spiro atoms. The fourth-order valence-corrected chi connectivity index (χ4v) is 39.3. The number of rotatable bonds is 28. The third-order valence-electron chi connectivity index (χ3n) is 6.98. The Morgan fingerprint density at radius 2 is 0.872 bits per heavy atom. The van der Waals surface area contributed by atoms with E-state index in [0.29, 0.717) is 44.9 Å². The molecule has 10 nitrogen and oxygen atoms in total. The molecule has 3 atom stereocenters. The maximum atomic E-state index is 11.0. The average Bonchev–Trinajstić information content (AvgIpc) is 2.79. The smallest absolute Gasteiger partial charge is 0.437 e. The van der Waals surface area contributed by atoms with Crippen molar-refractivity contribution in [2.24, 2.45) is 0 Å². The fraction of sp³-hybridized carbons (Fsp3) is 1.00. The zero-order chi connectivity index (χ0) is 36.8. The first kappa shape index (κ1) is 48.3. The van der Waals surface area contributed by atoms with Crippen LogP contribution in [0.15, 0.2) is 0 Å². The Labute approximate surface area is 298 Å². The fourth-order valence-electron chi connectivity index (χ4n) is 6.05. The first-order chi connectivity index (χ1) is 21.1. The van der Waals surface area contributed by atoms with Gasteiger partial charge in [0.05, 0.1) is 13.2 Å². The Morgan fingerprint density at radius 3 is 1.28 bits per heavy atom. The minimum absolute atomic E-state index is 0.0109. The van der Waals surface area contributed by atoms with Gasteiger partial charge in [0.2, 0.25) is 0 Å². The molecule has 0 rings (SSSR count). The van der Waals surface area contributed by atoms with E-state index in [-0.39, 0.29) is 6.61 Å². The number of aliphatic hydroxyl groups is 1. The molecule has 0 aliphatic rings. The van der Waals surface area contributed by atoms with Gasteiger partial charge in [-0.25, -0.2) is 0 Å². The molecule has 3 unspecified atom stereocenters. The molecule has 284 valence electrons. The van der Waals surface area contributed by atoms with E-state index in [1.165, 1.54) is 6.04 Å². The van der Waals surface area contributed by atoms with Crippen LogP contribution in [0.25, 0.3) is 0 Å². The van der Waals surface area contributed by atoms with Crippen LogP contribution in [0.1, 0.15) is 33.1 Å². The van der Waals surface area contributed by atoms with Crippen LogP contribution in [0.2, 0.25) is 122 Å². The number of ether oxygens (including phenoxy) is 1. The highest BCUT2D eigenvalue weighted by molar-refractivity contribution is 6.92. The monoisotopic (exact) mass is 808 g/mol. The summed E-state index contributed by atoms with van der Waals surface area (Å²) in [5.74, 6) is 0. The molecule has 0 saturated carbocycles. The summed E-state index contributed by atoms with van der Waals surface area (Å²) < 4.78 is 52.5. The molecule has 18 heteroatoms. The van der Waals surface area contributed by atoms with E-state index in [0.717, 1.165) is 24.9 Å². The van der Waals surface area contributed by atoms with Crippen LogP contribution < -0.4 is 0 Å². The van der Waals surface area contributed by atoms with Gasteiger partial charge in [-0.3, -0.25) is 0 Å². The van der Waals surface area contributed by atoms with Crippen molar-refractivity contribution >= 4 is 67.8 Å². The van der Waals surface area contributed by atoms with Crippen molar-refractivity contribution in [3.8, 4) is 0 Å². The maximum absolute atomic E-state index is 11.0. The van der Waals surface area contributed by atoms with Crippen LogP contribution in [-0.4, -0.2) is 111 Å². The van der Waals surface area contributed by atoms with Crippen LogP contribution in [0.4, 0.5) is 0 Å². The number of aliphatic hydroxyl groups excluding tert-OH is 1. The molecule has 47 heavy (non-hydrogen) atoms. The van der Waals surface area contributed by atoms with Crippen LogP contribution >= 0.6 is 0 Å². The van der Waals surface area contributed by atoms with Gasteiger partial charge in [0.15, 0.2) is 16.6 Å². The summed E-state index contributed by atoms with van der Waals surface area (Å²) in [5, 5.41) is 9.22. The lowest BCUT2D eigenvalue weighted by Crippen LogP contribution is -2.62. The Kier molecular flexibility index (Phi) is 21.1. The Balaban J connectivity index is 6.32. The van der Waals surface area contributed by atoms with Gasteiger partial charge in [0, 0.05) is 33.9 Å². The Hall–Kier alpha value is 1.34. The average molecular weight is 810 g/mol. The lowest BCUT2D eigenvalue weighted by molar-refractivity contribution is 0.0917. The summed E-state index contributed by atoms with van der Waals surface area (Å²) in [4.78, 5) is 11.0. The van der Waals surface area contributed by atoms with E-state index in [1.54, 1.807) is 0 Å². The van der Waals surface area contributed by atoms with E-state index < -0.39 is 67.8 Å². The second kappa shape index (κ2) is 20.5. The van der Waals surface area contributed by atoms with Crippen molar-refractivity contribution in [1.29, 1.82) is 0 Å². The third-order valence-corrected chi connectivity index (χ3v) is 34.3. The van der Waals surface area contributed by atoms with Crippen molar-refractivity contribution in [2.75, 3.05) is 33.0 Å². The van der Waals surface area contributed by atoms with Gasteiger partial charge in [0.25, 0.3) is 0 Å². The van der Waals surface area contributed by atoms with E-state index in [1.807, 2.05) is 13.8 Å². The zero-order valence-corrected chi connectivity index (χ0v) is 41.4. The standard InChI is InChI=1S/C29H76O10Si8/c1-17-33-47(31,34-18-2)29-21-28-44(14,35-41(6,7)8)37-43(12,13)38-46(16,26-19-23-32-24-22-30)39-45(15,36-42(9,10)11)27-20-25-40(3,4)5/h30-31H,17-29H2,1-16H3. The molecule has 0 amide bonds. The van der Waals surface area contributed by atoms with Gasteiger partial charge in [-0.2, -0.15) is 0 Å². The molecular formula is C29H76O10Si8. The first-order valence-electron chi connectivity index (χ1n) is 17.8. The summed E-state index contributed by atoms with van der Waals surface area (Å²) in [6, 6.07) is 4.13. The highest BCUT2D eigenvalue weighted by atomic mass is 28.5. The molecule has 0 heterocycles. The second-order valence-corrected chi connectivity index (χ2v) is 48.6. The van der Waals surface area contributed by atoms with Gasteiger partial charge in [-0.1, -0.05) is 32.1 Å². The molecule has 0 fully saturated rings. The SMILES string of the molecule is CCO[Si](O)(CCC[Si](C)(O[Si](C)(C)C)O[Si](C)(C)O[Si](C)(CCCOCCO)O[Si](C)(CCC[Si](C)(C)C)O[Si](C)(C)C)OCC. The topological polar surface area (TPSA) is 114 Å². The Morgan fingerprint density at radius 1 is 0.468 bits per heavy atom. The molecule has 2 N–H and O–H groups in total. The van der Waals surface area contributed by atoms with Gasteiger partial charge < -0.3 is 44.1 Å². The van der Waals surface area contributed by atoms with Crippen LogP contribution in [0.3, 0.4) is 0 Å². The molecule has 0 aliphatic carbocycles. The van der Waals surface area contributed by atoms with Gasteiger partial charge >= 0.3 is 43.0 Å². The van der Waals surface area contributed by atoms with E-state index in [4.69, 9.17) is 34.2 Å². The molecule has 0 bridgehead atoms. The molecule has 0 aliphatic heterocycles. The predicted octanol–water partition coefficient (Wildman–Crippen LogP) is 8.18. The second-order valence-electron chi connectivity index (χ2n) is 16.8.